The average Bonchev–Trinajstić information content (AvgIpc) is 2.85. The lowest BCUT2D eigenvalue weighted by atomic mass is 10.0. The van der Waals surface area contributed by atoms with Gasteiger partial charge >= 0.3 is 0 Å². The monoisotopic (exact) mass is 202 g/mol. The Bertz CT molecular complexity index is 505. The Hall–Kier alpha value is -1.97. The molecule has 1 aliphatic rings. The largest absolute Gasteiger partial charge is 0.493 e. The summed E-state index contributed by atoms with van der Waals surface area (Å²) in [6.07, 6.45) is 2.55. The molecule has 0 aliphatic carbocycles. The SMILES string of the molecule is Nc1oncc1-c1cccc2c1CCO2. The van der Waals surface area contributed by atoms with E-state index in [4.69, 9.17) is 15.0 Å². The highest BCUT2D eigenvalue weighted by Gasteiger charge is 2.19. The minimum atomic E-state index is 0.357. The molecule has 2 N–H and O–H groups in total. The zero-order chi connectivity index (χ0) is 10.3. The molecule has 2 heterocycles. The first kappa shape index (κ1) is 8.35. The highest BCUT2D eigenvalue weighted by Crippen LogP contribution is 2.36. The molecule has 1 aromatic carbocycles. The molecular weight excluding hydrogens is 192 g/mol. The van der Waals surface area contributed by atoms with Crippen LogP contribution >= 0.6 is 0 Å². The lowest BCUT2D eigenvalue weighted by Gasteiger charge is -2.04. The number of benzene rings is 1. The quantitative estimate of drug-likeness (QED) is 0.766. The number of nitrogens with two attached hydrogens (primary N) is 1. The van der Waals surface area contributed by atoms with Crippen molar-refractivity contribution in [1.82, 2.24) is 5.16 Å². The van der Waals surface area contributed by atoms with Crippen molar-refractivity contribution in [1.29, 1.82) is 0 Å². The molecule has 4 heteroatoms. The van der Waals surface area contributed by atoms with E-state index in [0.29, 0.717) is 5.88 Å². The van der Waals surface area contributed by atoms with Crippen LogP contribution in [0.3, 0.4) is 0 Å². The molecule has 0 unspecified atom stereocenters. The van der Waals surface area contributed by atoms with Gasteiger partial charge in [0.2, 0.25) is 5.88 Å². The van der Waals surface area contributed by atoms with Gasteiger partial charge in [0.15, 0.2) is 0 Å². The molecule has 0 saturated carbocycles. The molecule has 76 valence electrons. The van der Waals surface area contributed by atoms with Gasteiger partial charge in [0.05, 0.1) is 18.4 Å². The Kier molecular flexibility index (Phi) is 1.68. The summed E-state index contributed by atoms with van der Waals surface area (Å²) in [5.74, 6) is 1.29. The number of nitrogens with zero attached hydrogens (tertiary/aromatic N) is 1. The predicted octanol–water partition coefficient (Wildman–Crippen LogP) is 1.86. The van der Waals surface area contributed by atoms with Gasteiger partial charge in [0.25, 0.3) is 0 Å². The molecule has 3 rings (SSSR count). The number of fused-ring (bicyclic) bond motifs is 1. The van der Waals surface area contributed by atoms with E-state index in [0.717, 1.165) is 29.9 Å². The molecule has 0 saturated heterocycles. The Morgan fingerprint density at radius 2 is 2.20 bits per heavy atom. The lowest BCUT2D eigenvalue weighted by molar-refractivity contribution is 0.357. The van der Waals surface area contributed by atoms with Crippen molar-refractivity contribution in [2.24, 2.45) is 0 Å². The van der Waals surface area contributed by atoms with Gasteiger partial charge in [-0.15, -0.1) is 0 Å². The summed E-state index contributed by atoms with van der Waals surface area (Å²) in [5.41, 5.74) is 8.79. The van der Waals surface area contributed by atoms with Crippen molar-refractivity contribution in [3.63, 3.8) is 0 Å². The van der Waals surface area contributed by atoms with Crippen LogP contribution in [0.4, 0.5) is 5.88 Å². The molecule has 0 amide bonds. The van der Waals surface area contributed by atoms with Crippen LogP contribution in [0.1, 0.15) is 5.56 Å². The molecule has 15 heavy (non-hydrogen) atoms. The second kappa shape index (κ2) is 3.02. The first-order valence-corrected chi connectivity index (χ1v) is 4.81. The van der Waals surface area contributed by atoms with Gasteiger partial charge in [-0.05, 0) is 11.6 Å². The normalized spacial score (nSPS) is 13.6. The standard InChI is InChI=1S/C11H10N2O2/c12-11-9(6-13-15-11)7-2-1-3-10-8(7)4-5-14-10/h1-3,6H,4-5,12H2. The Balaban J connectivity index is 2.21. The van der Waals surface area contributed by atoms with Crippen LogP contribution in [0.5, 0.6) is 5.75 Å². The number of anilines is 1. The lowest BCUT2D eigenvalue weighted by Crippen LogP contribution is -1.89. The Morgan fingerprint density at radius 3 is 3.00 bits per heavy atom. The van der Waals surface area contributed by atoms with Gasteiger partial charge in [0.1, 0.15) is 5.75 Å². The van der Waals surface area contributed by atoms with E-state index in [9.17, 15) is 0 Å². The summed E-state index contributed by atoms with van der Waals surface area (Å²) in [5, 5.41) is 3.68. The first-order valence-electron chi connectivity index (χ1n) is 4.81. The number of ether oxygens (including phenoxy) is 1. The van der Waals surface area contributed by atoms with E-state index in [1.54, 1.807) is 6.20 Å². The van der Waals surface area contributed by atoms with Crippen molar-refractivity contribution in [2.75, 3.05) is 12.3 Å². The van der Waals surface area contributed by atoms with Gasteiger partial charge in [-0.3, -0.25) is 0 Å². The van der Waals surface area contributed by atoms with Crippen LogP contribution in [0.15, 0.2) is 28.9 Å². The number of aromatic nitrogens is 1. The third kappa shape index (κ3) is 1.18. The third-order valence-corrected chi connectivity index (χ3v) is 2.63. The highest BCUT2D eigenvalue weighted by molar-refractivity contribution is 5.76. The van der Waals surface area contributed by atoms with E-state index in [2.05, 4.69) is 5.16 Å². The number of nitrogen functional groups attached to an aromatic ring is 1. The van der Waals surface area contributed by atoms with Crippen LogP contribution in [-0.2, 0) is 6.42 Å². The van der Waals surface area contributed by atoms with Crippen molar-refractivity contribution < 1.29 is 9.26 Å². The van der Waals surface area contributed by atoms with Crippen molar-refractivity contribution in [3.8, 4) is 16.9 Å². The predicted molar refractivity (Wildman–Crippen MR) is 55.6 cm³/mol. The van der Waals surface area contributed by atoms with Gasteiger partial charge in [-0.2, -0.15) is 0 Å². The zero-order valence-electron chi connectivity index (χ0n) is 8.06. The summed E-state index contributed by atoms with van der Waals surface area (Å²) in [4.78, 5) is 0. The van der Waals surface area contributed by atoms with Gasteiger partial charge in [-0.1, -0.05) is 17.3 Å². The van der Waals surface area contributed by atoms with Crippen LogP contribution < -0.4 is 10.5 Å². The smallest absolute Gasteiger partial charge is 0.229 e. The van der Waals surface area contributed by atoms with Crippen LogP contribution in [0.2, 0.25) is 0 Å². The second-order valence-electron chi connectivity index (χ2n) is 3.48. The maximum Gasteiger partial charge on any atom is 0.229 e. The Morgan fingerprint density at radius 1 is 1.27 bits per heavy atom. The minimum absolute atomic E-state index is 0.357. The molecule has 2 aromatic rings. The first-order chi connectivity index (χ1) is 7.36. The zero-order valence-corrected chi connectivity index (χ0v) is 8.06. The Labute approximate surface area is 86.6 Å². The maximum absolute atomic E-state index is 5.70. The van der Waals surface area contributed by atoms with Gasteiger partial charge < -0.3 is 15.0 Å². The summed E-state index contributed by atoms with van der Waals surface area (Å²) in [6.45, 7) is 0.734. The van der Waals surface area contributed by atoms with E-state index in [1.165, 1.54) is 5.56 Å². The van der Waals surface area contributed by atoms with Crippen LogP contribution in [-0.4, -0.2) is 11.8 Å². The molecule has 0 atom stereocenters. The van der Waals surface area contributed by atoms with Crippen LogP contribution in [0, 0.1) is 0 Å². The number of hydrogen-bond donors (Lipinski definition) is 1. The van der Waals surface area contributed by atoms with Crippen LogP contribution in [0.25, 0.3) is 11.1 Å². The summed E-state index contributed by atoms with van der Waals surface area (Å²) in [6, 6.07) is 5.93. The van der Waals surface area contributed by atoms with Gasteiger partial charge in [-0.25, -0.2) is 0 Å². The van der Waals surface area contributed by atoms with E-state index in [-0.39, 0.29) is 0 Å². The maximum atomic E-state index is 5.70. The molecule has 4 nitrogen and oxygen atoms in total. The van der Waals surface area contributed by atoms with E-state index < -0.39 is 0 Å². The number of rotatable bonds is 1. The molecular formula is C11H10N2O2. The van der Waals surface area contributed by atoms with Crippen molar-refractivity contribution >= 4 is 5.88 Å². The highest BCUT2D eigenvalue weighted by atomic mass is 16.5. The topological polar surface area (TPSA) is 61.3 Å². The van der Waals surface area contributed by atoms with Crippen molar-refractivity contribution in [2.45, 2.75) is 6.42 Å². The fourth-order valence-corrected chi connectivity index (χ4v) is 1.93. The molecule has 0 fully saturated rings. The molecule has 0 radical (unpaired) electrons. The fourth-order valence-electron chi connectivity index (χ4n) is 1.93. The molecule has 1 aliphatic heterocycles. The van der Waals surface area contributed by atoms with Crippen molar-refractivity contribution in [3.05, 3.63) is 30.0 Å². The van der Waals surface area contributed by atoms with E-state index in [1.807, 2.05) is 18.2 Å². The average molecular weight is 202 g/mol. The number of hydrogen-bond acceptors (Lipinski definition) is 4. The van der Waals surface area contributed by atoms with E-state index >= 15 is 0 Å². The third-order valence-electron chi connectivity index (χ3n) is 2.63. The van der Waals surface area contributed by atoms with Gasteiger partial charge in [0, 0.05) is 12.0 Å². The molecule has 0 spiro atoms. The fraction of sp³-hybridized carbons (Fsp3) is 0.182. The summed E-state index contributed by atoms with van der Waals surface area (Å²) < 4.78 is 10.4. The summed E-state index contributed by atoms with van der Waals surface area (Å²) >= 11 is 0. The second-order valence-corrected chi connectivity index (χ2v) is 3.48. The summed E-state index contributed by atoms with van der Waals surface area (Å²) in [7, 11) is 0. The molecule has 0 bridgehead atoms. The minimum Gasteiger partial charge on any atom is -0.493 e. The molecule has 1 aromatic heterocycles.